The van der Waals surface area contributed by atoms with E-state index in [0.29, 0.717) is 22.7 Å². The van der Waals surface area contributed by atoms with E-state index in [4.69, 9.17) is 43.4 Å². The van der Waals surface area contributed by atoms with E-state index >= 15 is 0 Å². The molecule has 0 aliphatic carbocycles. The Balaban J connectivity index is 0.00000102. The minimum Gasteiger partial charge on any atom is -0.478 e. The molecular weight excluding hydrogens is 1290 g/mol. The Labute approximate surface area is 514 Å². The number of nitrogens with one attached hydrogen (secondary N) is 2. The van der Waals surface area contributed by atoms with Crippen molar-refractivity contribution in [3.05, 3.63) is 266 Å². The van der Waals surface area contributed by atoms with Crippen molar-refractivity contribution in [1.29, 1.82) is 0 Å². The van der Waals surface area contributed by atoms with E-state index in [2.05, 4.69) is 54.2 Å². The molecule has 20 nitrogen and oxygen atoms in total. The predicted molar refractivity (Wildman–Crippen MR) is 326 cm³/mol. The van der Waals surface area contributed by atoms with Crippen molar-refractivity contribution in [2.24, 2.45) is 0 Å². The number of nitrogens with zero attached hydrogens (tertiary/aromatic N) is 4. The predicted octanol–water partition coefficient (Wildman–Crippen LogP) is 14.3. The quantitative estimate of drug-likeness (QED) is 0.0417. The first kappa shape index (κ1) is 80.8. The average molecular weight is 1350 g/mol. The van der Waals surface area contributed by atoms with E-state index in [1.807, 2.05) is 73.3 Å². The van der Waals surface area contributed by atoms with Gasteiger partial charge in [0.25, 0.3) is 0 Å². The number of aromatic carboxylic acids is 4. The maximum absolute atomic E-state index is 10.7. The molecule has 0 aliphatic heterocycles. The zero-order chi connectivity index (χ0) is 67.7. The summed E-state index contributed by atoms with van der Waals surface area (Å²) >= 11 is 0. The third-order valence-corrected chi connectivity index (χ3v) is 9.79. The summed E-state index contributed by atoms with van der Waals surface area (Å²) in [5, 5.41) is 33.7. The zero-order valence-electron chi connectivity index (χ0n) is 47.0. The Morgan fingerprint density at radius 3 is 0.533 bits per heavy atom. The summed E-state index contributed by atoms with van der Waals surface area (Å²) in [7, 11) is -21.3. The fraction of sp³-hybridized carbons (Fsp3) is 0. The zero-order valence-corrected chi connectivity index (χ0v) is 48.8. The van der Waals surface area contributed by atoms with Gasteiger partial charge >= 0.3 is 89.9 Å². The minimum atomic E-state index is -10.7. The summed E-state index contributed by atoms with van der Waals surface area (Å²) in [5.41, 5.74) is 31.8. The first-order valence-corrected chi connectivity index (χ1v) is 28.7. The van der Waals surface area contributed by atoms with Crippen LogP contribution in [0.25, 0.3) is 33.4 Å². The number of nitrogen functional groups attached to an aromatic ring is 4. The van der Waals surface area contributed by atoms with Gasteiger partial charge in [-0.2, -0.15) is 0 Å². The Hall–Kier alpha value is -11.2. The van der Waals surface area contributed by atoms with Crippen LogP contribution in [-0.4, -0.2) is 75.2 Å². The fourth-order valence-corrected chi connectivity index (χ4v) is 5.84. The maximum Gasteiger partial charge on any atom is 0.335 e. The molecule has 0 amide bonds. The van der Waals surface area contributed by atoms with Crippen molar-refractivity contribution in [2.75, 3.05) is 22.9 Å². The summed E-state index contributed by atoms with van der Waals surface area (Å²) in [6, 6.07) is 48.3. The second-order valence-electron chi connectivity index (χ2n) is 17.1. The van der Waals surface area contributed by atoms with Crippen LogP contribution in [-0.2, 0) is 0 Å². The Morgan fingerprint density at radius 1 is 0.272 bits per heavy atom. The molecule has 10 rings (SSSR count). The summed E-state index contributed by atoms with van der Waals surface area (Å²) in [6.07, 6.45) is 22.0. The number of carboxylic acid groups (broad SMARTS) is 4. The number of aromatic amines is 2. The number of hydrogen-bond acceptors (Lipinski definition) is 12. The molecule has 34 heteroatoms. The molecule has 4 aromatic carbocycles. The van der Waals surface area contributed by atoms with Crippen molar-refractivity contribution < 1.29 is 111 Å². The van der Waals surface area contributed by atoms with Crippen LogP contribution in [0.3, 0.4) is 0 Å². The van der Waals surface area contributed by atoms with E-state index in [-0.39, 0.29) is 33.2 Å². The Bertz CT molecular complexity index is 3220. The third kappa shape index (κ3) is 43.4. The van der Waals surface area contributed by atoms with Gasteiger partial charge in [0.1, 0.15) is 0 Å². The number of hydrogen-bond donors (Lipinski definition) is 8. The van der Waals surface area contributed by atoms with E-state index in [9.17, 15) is 69.5 Å². The van der Waals surface area contributed by atoms with Crippen LogP contribution in [0.1, 0.15) is 41.4 Å². The number of carboxylic acids is 4. The number of nitrogens with two attached hydrogens (primary N) is 4. The molecule has 10 aromatic rings. The first-order chi connectivity index (χ1) is 41.6. The van der Waals surface area contributed by atoms with Crippen LogP contribution in [0.2, 0.25) is 0 Å². The SMILES string of the molecule is F[P-](F)(F)(F)(F)F.F[P-](F)(F)(F)(F)F.Nc1ccc(C(=O)O)cc1.Nc1ccc(C(=O)O)cc1.Nc1ccc(C(=O)O)cc1.Nc1ccc(C(=O)O)cc1.O.O.c1cc(-c2cc[nH+]cc2)cc[nH+]1.c1cc(-c2ccncc2)ccn1.c1cc(-c2ccncc2)ccn1. The van der Waals surface area contributed by atoms with Crippen LogP contribution in [0.15, 0.2) is 244 Å². The molecule has 0 fully saturated rings. The Kier molecular flexibility index (Phi) is 30.8. The number of benzene rings is 4. The standard InChI is InChI=1S/3C10H8N2.4C7H7NO2.2F6P.2H2O/c3*1-5-11-6-2-9(1)10-3-7-12-8-4-10;4*8-6-3-1-5(2-4-6)7(9)10;2*1-7(2,3,4,5)6;;/h3*1-8H;4*1-4H,8H2,(H,9,10);;;2*1H2/q;;;;;;;2*-1;;/p+2. The van der Waals surface area contributed by atoms with Gasteiger partial charge in [-0.1, -0.05) is 0 Å². The number of pyridine rings is 6. The molecule has 0 radical (unpaired) electrons. The summed E-state index contributed by atoms with van der Waals surface area (Å²) in [4.78, 5) is 62.9. The number of carbonyl (C=O) groups is 4. The molecule has 92 heavy (non-hydrogen) atoms. The van der Waals surface area contributed by atoms with Crippen LogP contribution >= 0.6 is 15.6 Å². The van der Waals surface area contributed by atoms with Crippen molar-refractivity contribution in [1.82, 2.24) is 19.9 Å². The molecule has 6 aromatic heterocycles. The molecule has 6 heterocycles. The van der Waals surface area contributed by atoms with Gasteiger partial charge < -0.3 is 54.3 Å². The van der Waals surface area contributed by atoms with Crippen LogP contribution in [0, 0.1) is 0 Å². The minimum absolute atomic E-state index is 0. The third-order valence-electron chi connectivity index (χ3n) is 9.79. The molecular formula is C58H58F12N10O10P2. The molecule has 494 valence electrons. The molecule has 18 N–H and O–H groups in total. The van der Waals surface area contributed by atoms with Crippen LogP contribution in [0.4, 0.5) is 73.1 Å². The van der Waals surface area contributed by atoms with Crippen molar-refractivity contribution in [2.45, 2.75) is 0 Å². The van der Waals surface area contributed by atoms with Crippen LogP contribution in [0.5, 0.6) is 0 Å². The molecule has 0 unspecified atom stereocenters. The number of rotatable bonds is 7. The number of anilines is 4. The molecule has 0 atom stereocenters. The van der Waals surface area contributed by atoms with Gasteiger partial charge in [-0.3, -0.25) is 19.9 Å². The normalized spacial score (nSPS) is 11.3. The van der Waals surface area contributed by atoms with Crippen LogP contribution < -0.4 is 32.9 Å². The van der Waals surface area contributed by atoms with Gasteiger partial charge in [-0.05, 0) is 179 Å². The smallest absolute Gasteiger partial charge is 0.335 e. The topological polar surface area (TPSA) is 396 Å². The first-order valence-electron chi connectivity index (χ1n) is 24.6. The van der Waals surface area contributed by atoms with Gasteiger partial charge in [0.2, 0.25) is 0 Å². The molecule has 0 aliphatic rings. The van der Waals surface area contributed by atoms with E-state index in [0.717, 1.165) is 0 Å². The number of halogens is 12. The largest absolute Gasteiger partial charge is 0.478 e. The van der Waals surface area contributed by atoms with E-state index < -0.39 is 39.5 Å². The number of aromatic nitrogens is 6. The molecule has 0 bridgehead atoms. The van der Waals surface area contributed by atoms with Gasteiger partial charge in [-0.25, -0.2) is 29.1 Å². The summed E-state index contributed by atoms with van der Waals surface area (Å²) < 4.78 is 118. The van der Waals surface area contributed by atoms with Gasteiger partial charge in [-0.15, -0.1) is 0 Å². The van der Waals surface area contributed by atoms with E-state index in [1.54, 1.807) is 98.1 Å². The molecule has 0 saturated heterocycles. The van der Waals surface area contributed by atoms with Crippen molar-refractivity contribution in [3.63, 3.8) is 0 Å². The number of H-pyrrole nitrogens is 2. The second kappa shape index (κ2) is 35.1. The average Bonchev–Trinajstić information content (AvgIpc) is 0.801. The van der Waals surface area contributed by atoms with Gasteiger partial charge in [0, 0.05) is 96.6 Å². The summed E-state index contributed by atoms with van der Waals surface area (Å²) in [5.74, 6) is -3.72. The van der Waals surface area contributed by atoms with Crippen molar-refractivity contribution in [3.8, 4) is 33.4 Å². The summed E-state index contributed by atoms with van der Waals surface area (Å²) in [6.45, 7) is 0. The fourth-order valence-electron chi connectivity index (χ4n) is 5.84. The monoisotopic (exact) mass is 1340 g/mol. The molecule has 0 spiro atoms. The van der Waals surface area contributed by atoms with Crippen molar-refractivity contribution >= 4 is 62.2 Å². The molecule has 0 saturated carbocycles. The maximum atomic E-state index is 10.3. The second-order valence-corrected chi connectivity index (χ2v) is 21.0. The van der Waals surface area contributed by atoms with Gasteiger partial charge in [0.15, 0.2) is 24.8 Å². The Morgan fingerprint density at radius 2 is 0.402 bits per heavy atom. The van der Waals surface area contributed by atoms with E-state index in [1.165, 1.54) is 81.9 Å². The van der Waals surface area contributed by atoms with Gasteiger partial charge in [0.05, 0.1) is 22.3 Å².